The van der Waals surface area contributed by atoms with Gasteiger partial charge in [0.25, 0.3) is 0 Å². The highest BCUT2D eigenvalue weighted by atomic mass is 16.5. The summed E-state index contributed by atoms with van der Waals surface area (Å²) in [5.74, 6) is 6.89. The minimum absolute atomic E-state index is 0.136. The first-order chi connectivity index (χ1) is 9.29. The van der Waals surface area contributed by atoms with E-state index in [1.807, 2.05) is 25.1 Å². The maximum atomic E-state index is 8.65. The fraction of sp³-hybridized carbons (Fsp3) is 0.200. The minimum atomic E-state index is -0.136. The maximum absolute atomic E-state index is 8.65. The van der Waals surface area contributed by atoms with Crippen LogP contribution in [-0.4, -0.2) is 21.7 Å². The molecule has 2 rings (SSSR count). The average Bonchev–Trinajstić information content (AvgIpc) is 2.45. The summed E-state index contributed by atoms with van der Waals surface area (Å²) in [6.07, 6.45) is 3.37. The SMILES string of the molecule is Cc1cc(C#CCO)ccc1OCc1ncccn1. The molecular weight excluding hydrogens is 240 g/mol. The Morgan fingerprint density at radius 2 is 2.05 bits per heavy atom. The summed E-state index contributed by atoms with van der Waals surface area (Å²) in [6, 6.07) is 7.41. The molecule has 0 radical (unpaired) electrons. The summed E-state index contributed by atoms with van der Waals surface area (Å²) in [5.41, 5.74) is 1.84. The van der Waals surface area contributed by atoms with Gasteiger partial charge in [0.1, 0.15) is 19.0 Å². The molecule has 0 bridgehead atoms. The zero-order valence-electron chi connectivity index (χ0n) is 10.6. The first kappa shape index (κ1) is 13.1. The molecule has 19 heavy (non-hydrogen) atoms. The van der Waals surface area contributed by atoms with Gasteiger partial charge in [-0.1, -0.05) is 11.8 Å². The lowest BCUT2D eigenvalue weighted by Crippen LogP contribution is -2.01. The van der Waals surface area contributed by atoms with E-state index in [9.17, 15) is 0 Å². The van der Waals surface area contributed by atoms with Crippen LogP contribution in [0.15, 0.2) is 36.7 Å². The van der Waals surface area contributed by atoms with E-state index in [1.54, 1.807) is 18.5 Å². The van der Waals surface area contributed by atoms with Crippen LogP contribution >= 0.6 is 0 Å². The third-order valence-corrected chi connectivity index (χ3v) is 2.46. The highest BCUT2D eigenvalue weighted by Gasteiger charge is 2.02. The van der Waals surface area contributed by atoms with Crippen molar-refractivity contribution < 1.29 is 9.84 Å². The molecular formula is C15H14N2O2. The molecule has 2 aromatic rings. The van der Waals surface area contributed by atoms with E-state index in [-0.39, 0.29) is 6.61 Å². The molecule has 0 amide bonds. The van der Waals surface area contributed by atoms with Crippen LogP contribution in [0.2, 0.25) is 0 Å². The molecule has 1 N–H and O–H groups in total. The van der Waals surface area contributed by atoms with Crippen LogP contribution in [0.1, 0.15) is 17.0 Å². The second kappa shape index (κ2) is 6.53. The summed E-state index contributed by atoms with van der Waals surface area (Å²) in [7, 11) is 0. The van der Waals surface area contributed by atoms with E-state index in [0.717, 1.165) is 16.9 Å². The van der Waals surface area contributed by atoms with Crippen LogP contribution in [0.3, 0.4) is 0 Å². The molecule has 0 spiro atoms. The third-order valence-electron chi connectivity index (χ3n) is 2.46. The van der Waals surface area contributed by atoms with Gasteiger partial charge in [0, 0.05) is 18.0 Å². The van der Waals surface area contributed by atoms with Crippen molar-refractivity contribution in [2.24, 2.45) is 0 Å². The van der Waals surface area contributed by atoms with Gasteiger partial charge in [0.15, 0.2) is 5.82 Å². The van der Waals surface area contributed by atoms with Crippen molar-refractivity contribution in [3.8, 4) is 17.6 Å². The monoisotopic (exact) mass is 254 g/mol. The Labute approximate surface area is 112 Å². The smallest absolute Gasteiger partial charge is 0.166 e. The molecule has 0 saturated heterocycles. The van der Waals surface area contributed by atoms with Crippen LogP contribution in [0.4, 0.5) is 0 Å². The molecule has 0 aliphatic rings. The molecule has 0 aliphatic heterocycles. The maximum Gasteiger partial charge on any atom is 0.166 e. The second-order valence-electron chi connectivity index (χ2n) is 3.89. The summed E-state index contributed by atoms with van der Waals surface area (Å²) < 4.78 is 5.66. The quantitative estimate of drug-likeness (QED) is 0.847. The van der Waals surface area contributed by atoms with Gasteiger partial charge in [-0.2, -0.15) is 0 Å². The zero-order valence-corrected chi connectivity index (χ0v) is 10.6. The molecule has 4 nitrogen and oxygen atoms in total. The predicted octanol–water partition coefficient (Wildman–Crippen LogP) is 1.71. The number of hydrogen-bond donors (Lipinski definition) is 1. The fourth-order valence-electron chi connectivity index (χ4n) is 1.58. The number of aliphatic hydroxyl groups excluding tert-OH is 1. The van der Waals surface area contributed by atoms with Crippen molar-refractivity contribution in [1.82, 2.24) is 9.97 Å². The fourth-order valence-corrected chi connectivity index (χ4v) is 1.58. The predicted molar refractivity (Wildman–Crippen MR) is 71.5 cm³/mol. The number of nitrogens with zero attached hydrogens (tertiary/aromatic N) is 2. The Morgan fingerprint density at radius 1 is 1.26 bits per heavy atom. The number of benzene rings is 1. The van der Waals surface area contributed by atoms with Crippen molar-refractivity contribution in [3.05, 3.63) is 53.6 Å². The molecule has 0 aliphatic carbocycles. The standard InChI is InChI=1S/C15H14N2O2/c1-12-10-13(4-2-9-18)5-6-14(12)19-11-15-16-7-3-8-17-15/h3,5-8,10,18H,9,11H2,1H3. The van der Waals surface area contributed by atoms with Gasteiger partial charge in [0.2, 0.25) is 0 Å². The van der Waals surface area contributed by atoms with Crippen LogP contribution in [0, 0.1) is 18.8 Å². The number of aromatic nitrogens is 2. The highest BCUT2D eigenvalue weighted by molar-refractivity contribution is 5.43. The van der Waals surface area contributed by atoms with E-state index in [0.29, 0.717) is 12.4 Å². The third kappa shape index (κ3) is 3.80. The molecule has 1 aromatic heterocycles. The lowest BCUT2D eigenvalue weighted by atomic mass is 10.1. The molecule has 0 saturated carbocycles. The van der Waals surface area contributed by atoms with Crippen molar-refractivity contribution in [1.29, 1.82) is 0 Å². The Kier molecular flexibility index (Phi) is 4.49. The summed E-state index contributed by atoms with van der Waals surface area (Å²) >= 11 is 0. The highest BCUT2D eigenvalue weighted by Crippen LogP contribution is 2.19. The minimum Gasteiger partial charge on any atom is -0.485 e. The van der Waals surface area contributed by atoms with E-state index < -0.39 is 0 Å². The Hall–Kier alpha value is -2.38. The number of rotatable bonds is 3. The Bertz CT molecular complexity index is 601. The van der Waals surface area contributed by atoms with Crippen molar-refractivity contribution in [3.63, 3.8) is 0 Å². The first-order valence-corrected chi connectivity index (χ1v) is 5.88. The zero-order chi connectivity index (χ0) is 13.5. The van der Waals surface area contributed by atoms with E-state index in [4.69, 9.17) is 9.84 Å². The summed E-state index contributed by atoms with van der Waals surface area (Å²) in [4.78, 5) is 8.19. The van der Waals surface area contributed by atoms with Gasteiger partial charge in [-0.15, -0.1) is 0 Å². The molecule has 0 fully saturated rings. The Morgan fingerprint density at radius 3 is 2.74 bits per heavy atom. The summed E-state index contributed by atoms with van der Waals surface area (Å²) in [5, 5.41) is 8.65. The number of ether oxygens (including phenoxy) is 1. The Balaban J connectivity index is 2.05. The lowest BCUT2D eigenvalue weighted by molar-refractivity contribution is 0.294. The average molecular weight is 254 g/mol. The van der Waals surface area contributed by atoms with Crippen LogP contribution < -0.4 is 4.74 Å². The van der Waals surface area contributed by atoms with Crippen LogP contribution in [0.5, 0.6) is 5.75 Å². The van der Waals surface area contributed by atoms with Gasteiger partial charge in [-0.3, -0.25) is 0 Å². The molecule has 0 unspecified atom stereocenters. The summed E-state index contributed by atoms with van der Waals surface area (Å²) in [6.45, 7) is 2.15. The van der Waals surface area contributed by atoms with Gasteiger partial charge in [-0.25, -0.2) is 9.97 Å². The van der Waals surface area contributed by atoms with Crippen LogP contribution in [-0.2, 0) is 6.61 Å². The molecule has 0 atom stereocenters. The van der Waals surface area contributed by atoms with Crippen molar-refractivity contribution in [2.45, 2.75) is 13.5 Å². The number of aryl methyl sites for hydroxylation is 1. The van der Waals surface area contributed by atoms with Crippen LogP contribution in [0.25, 0.3) is 0 Å². The van der Waals surface area contributed by atoms with E-state index >= 15 is 0 Å². The number of hydrogen-bond acceptors (Lipinski definition) is 4. The van der Waals surface area contributed by atoms with Crippen molar-refractivity contribution in [2.75, 3.05) is 6.61 Å². The molecule has 96 valence electrons. The number of aliphatic hydroxyl groups is 1. The normalized spacial score (nSPS) is 9.58. The van der Waals surface area contributed by atoms with E-state index in [1.165, 1.54) is 0 Å². The largest absolute Gasteiger partial charge is 0.485 e. The van der Waals surface area contributed by atoms with Crippen molar-refractivity contribution >= 4 is 0 Å². The topological polar surface area (TPSA) is 55.2 Å². The first-order valence-electron chi connectivity index (χ1n) is 5.88. The molecule has 1 heterocycles. The van der Waals surface area contributed by atoms with Gasteiger partial charge >= 0.3 is 0 Å². The van der Waals surface area contributed by atoms with Gasteiger partial charge < -0.3 is 9.84 Å². The van der Waals surface area contributed by atoms with Gasteiger partial charge in [-0.05, 0) is 36.8 Å². The second-order valence-corrected chi connectivity index (χ2v) is 3.89. The van der Waals surface area contributed by atoms with E-state index in [2.05, 4.69) is 21.8 Å². The lowest BCUT2D eigenvalue weighted by Gasteiger charge is -2.08. The molecule has 1 aromatic carbocycles. The molecule has 4 heteroatoms. The van der Waals surface area contributed by atoms with Gasteiger partial charge in [0.05, 0.1) is 0 Å².